The summed E-state index contributed by atoms with van der Waals surface area (Å²) >= 11 is 1.36. The molecule has 0 saturated carbocycles. The summed E-state index contributed by atoms with van der Waals surface area (Å²) in [7, 11) is 1.63. The van der Waals surface area contributed by atoms with Crippen LogP contribution in [0, 0.1) is 0 Å². The van der Waals surface area contributed by atoms with Gasteiger partial charge in [-0.1, -0.05) is 11.8 Å². The second kappa shape index (κ2) is 9.45. The van der Waals surface area contributed by atoms with E-state index in [1.165, 1.54) is 11.8 Å². The third-order valence-electron chi connectivity index (χ3n) is 4.41. The van der Waals surface area contributed by atoms with Crippen molar-refractivity contribution >= 4 is 23.6 Å². The summed E-state index contributed by atoms with van der Waals surface area (Å²) in [6.45, 7) is 2.06. The number of benzene rings is 1. The highest BCUT2D eigenvalue weighted by atomic mass is 32.2. The molecule has 7 nitrogen and oxygen atoms in total. The van der Waals surface area contributed by atoms with Gasteiger partial charge < -0.3 is 15.0 Å². The normalized spacial score (nSPS) is 13.6. The molecular weight excluding hydrogens is 364 g/mol. The van der Waals surface area contributed by atoms with Crippen LogP contribution in [0.25, 0.3) is 5.69 Å². The van der Waals surface area contributed by atoms with Crippen molar-refractivity contribution in [2.24, 2.45) is 0 Å². The molecule has 2 heterocycles. The average molecular weight is 388 g/mol. The average Bonchev–Trinajstić information content (AvgIpc) is 3.38. The van der Waals surface area contributed by atoms with Crippen molar-refractivity contribution in [1.29, 1.82) is 0 Å². The number of carbonyl (C=O) groups excluding carboxylic acids is 2. The number of likely N-dealkylation sites (tertiary alicyclic amines) is 1. The van der Waals surface area contributed by atoms with Crippen molar-refractivity contribution in [2.75, 3.05) is 32.5 Å². The van der Waals surface area contributed by atoms with E-state index in [-0.39, 0.29) is 17.6 Å². The van der Waals surface area contributed by atoms with Crippen LogP contribution in [-0.4, -0.2) is 58.8 Å². The number of thioether (sulfide) groups is 1. The first-order chi connectivity index (χ1) is 13.2. The maximum atomic E-state index is 12.1. The van der Waals surface area contributed by atoms with Crippen LogP contribution in [0.1, 0.15) is 19.3 Å². The molecule has 2 amide bonds. The molecule has 0 atom stereocenters. The summed E-state index contributed by atoms with van der Waals surface area (Å²) in [4.78, 5) is 30.2. The van der Waals surface area contributed by atoms with Gasteiger partial charge in [0.15, 0.2) is 5.16 Å². The number of hydrogen-bond acceptors (Lipinski definition) is 5. The lowest BCUT2D eigenvalue weighted by Gasteiger charge is -2.15. The van der Waals surface area contributed by atoms with E-state index in [0.717, 1.165) is 42.5 Å². The van der Waals surface area contributed by atoms with Crippen LogP contribution in [0.2, 0.25) is 0 Å². The first-order valence-corrected chi connectivity index (χ1v) is 10.0. The van der Waals surface area contributed by atoms with Gasteiger partial charge in [-0.2, -0.15) is 0 Å². The predicted octanol–water partition coefficient (Wildman–Crippen LogP) is 2.10. The lowest BCUT2D eigenvalue weighted by atomic mass is 10.3. The van der Waals surface area contributed by atoms with E-state index in [1.54, 1.807) is 13.3 Å². The molecule has 8 heteroatoms. The Labute approximate surface area is 163 Å². The van der Waals surface area contributed by atoms with Gasteiger partial charge in [0.05, 0.1) is 12.9 Å². The number of ether oxygens (including phenoxy) is 1. The highest BCUT2D eigenvalue weighted by molar-refractivity contribution is 7.99. The number of methoxy groups -OCH3 is 1. The number of hydrogen-bond donors (Lipinski definition) is 1. The molecule has 144 valence electrons. The van der Waals surface area contributed by atoms with Crippen LogP contribution in [0.15, 0.2) is 41.8 Å². The third kappa shape index (κ3) is 5.26. The van der Waals surface area contributed by atoms with E-state index in [0.29, 0.717) is 13.0 Å². The zero-order chi connectivity index (χ0) is 19.1. The van der Waals surface area contributed by atoms with Gasteiger partial charge in [0.25, 0.3) is 0 Å². The van der Waals surface area contributed by atoms with Crippen molar-refractivity contribution in [3.63, 3.8) is 0 Å². The lowest BCUT2D eigenvalue weighted by Crippen LogP contribution is -2.33. The summed E-state index contributed by atoms with van der Waals surface area (Å²) in [5, 5.41) is 3.55. The SMILES string of the molecule is COc1ccc(-n2ccnc2SCC(=O)NCCC(=O)N2CCCC2)cc1. The second-order valence-electron chi connectivity index (χ2n) is 6.25. The Kier molecular flexibility index (Phi) is 6.75. The number of rotatable bonds is 8. The first kappa shape index (κ1) is 19.3. The lowest BCUT2D eigenvalue weighted by molar-refractivity contribution is -0.130. The molecule has 2 aromatic rings. The van der Waals surface area contributed by atoms with Gasteiger partial charge in [0, 0.05) is 44.1 Å². The molecule has 1 saturated heterocycles. The van der Waals surface area contributed by atoms with Crippen LogP contribution >= 0.6 is 11.8 Å². The molecule has 0 unspecified atom stereocenters. The van der Waals surface area contributed by atoms with Crippen molar-refractivity contribution < 1.29 is 14.3 Å². The van der Waals surface area contributed by atoms with Gasteiger partial charge >= 0.3 is 0 Å². The Bertz CT molecular complexity index is 770. The maximum absolute atomic E-state index is 12.1. The topological polar surface area (TPSA) is 76.5 Å². The van der Waals surface area contributed by atoms with Crippen LogP contribution in [0.4, 0.5) is 0 Å². The van der Waals surface area contributed by atoms with E-state index in [2.05, 4.69) is 10.3 Å². The van der Waals surface area contributed by atoms with Crippen molar-refractivity contribution in [3.05, 3.63) is 36.7 Å². The van der Waals surface area contributed by atoms with E-state index in [9.17, 15) is 9.59 Å². The van der Waals surface area contributed by atoms with Gasteiger partial charge in [0.1, 0.15) is 5.75 Å². The first-order valence-electron chi connectivity index (χ1n) is 9.02. The molecule has 1 aromatic heterocycles. The molecule has 1 N–H and O–H groups in total. The van der Waals surface area contributed by atoms with Gasteiger partial charge in [-0.25, -0.2) is 4.98 Å². The molecule has 0 spiro atoms. The largest absolute Gasteiger partial charge is 0.497 e. The molecule has 1 aliphatic heterocycles. The summed E-state index contributed by atoms with van der Waals surface area (Å²) < 4.78 is 7.10. The molecule has 0 bridgehead atoms. The van der Waals surface area contributed by atoms with Crippen LogP contribution in [0.3, 0.4) is 0 Å². The smallest absolute Gasteiger partial charge is 0.230 e. The Morgan fingerprint density at radius 1 is 1.22 bits per heavy atom. The minimum atomic E-state index is -0.0986. The number of imidazole rings is 1. The summed E-state index contributed by atoms with van der Waals surface area (Å²) in [6.07, 6.45) is 6.08. The van der Waals surface area contributed by atoms with Gasteiger partial charge in [-0.3, -0.25) is 14.2 Å². The Balaban J connectivity index is 1.45. The number of nitrogens with zero attached hydrogens (tertiary/aromatic N) is 3. The number of aromatic nitrogens is 2. The van der Waals surface area contributed by atoms with E-state index in [4.69, 9.17) is 4.74 Å². The minimum Gasteiger partial charge on any atom is -0.497 e. The number of nitrogens with one attached hydrogen (secondary N) is 1. The summed E-state index contributed by atoms with van der Waals surface area (Å²) in [5.74, 6) is 1.07. The monoisotopic (exact) mass is 388 g/mol. The molecule has 3 rings (SSSR count). The number of amides is 2. The van der Waals surface area contributed by atoms with Gasteiger partial charge in [-0.05, 0) is 37.1 Å². The quantitative estimate of drug-likeness (QED) is 0.701. The molecular formula is C19H24N4O3S. The Morgan fingerprint density at radius 2 is 1.96 bits per heavy atom. The van der Waals surface area contributed by atoms with Crippen molar-refractivity contribution in [2.45, 2.75) is 24.4 Å². The van der Waals surface area contributed by atoms with Gasteiger partial charge in [0.2, 0.25) is 11.8 Å². The van der Waals surface area contributed by atoms with E-state index in [1.807, 2.05) is 39.9 Å². The predicted molar refractivity (Wildman–Crippen MR) is 104 cm³/mol. The second-order valence-corrected chi connectivity index (χ2v) is 7.20. The highest BCUT2D eigenvalue weighted by Gasteiger charge is 2.17. The fourth-order valence-corrected chi connectivity index (χ4v) is 3.75. The van der Waals surface area contributed by atoms with E-state index < -0.39 is 0 Å². The molecule has 1 aromatic carbocycles. The highest BCUT2D eigenvalue weighted by Crippen LogP contribution is 2.22. The Morgan fingerprint density at radius 3 is 2.67 bits per heavy atom. The molecule has 0 radical (unpaired) electrons. The summed E-state index contributed by atoms with van der Waals surface area (Å²) in [5.41, 5.74) is 0.951. The number of carbonyl (C=O) groups is 2. The van der Waals surface area contributed by atoms with Crippen molar-refractivity contribution in [3.8, 4) is 11.4 Å². The molecule has 27 heavy (non-hydrogen) atoms. The fourth-order valence-electron chi connectivity index (χ4n) is 2.95. The minimum absolute atomic E-state index is 0.0986. The Hall–Kier alpha value is -2.48. The van der Waals surface area contributed by atoms with E-state index >= 15 is 0 Å². The van der Waals surface area contributed by atoms with Crippen molar-refractivity contribution in [1.82, 2.24) is 19.8 Å². The molecule has 1 aliphatic rings. The standard InChI is InChI=1S/C19H24N4O3S/c1-26-16-6-4-15(5-7-16)23-13-10-21-19(23)27-14-17(24)20-9-8-18(25)22-11-2-3-12-22/h4-7,10,13H,2-3,8-9,11-12,14H2,1H3,(H,20,24). The molecule has 0 aliphatic carbocycles. The van der Waals surface area contributed by atoms with Crippen LogP contribution in [-0.2, 0) is 9.59 Å². The van der Waals surface area contributed by atoms with Crippen LogP contribution < -0.4 is 10.1 Å². The zero-order valence-electron chi connectivity index (χ0n) is 15.4. The fraction of sp³-hybridized carbons (Fsp3) is 0.421. The maximum Gasteiger partial charge on any atom is 0.230 e. The van der Waals surface area contributed by atoms with Crippen LogP contribution in [0.5, 0.6) is 5.75 Å². The summed E-state index contributed by atoms with van der Waals surface area (Å²) in [6, 6.07) is 7.64. The zero-order valence-corrected chi connectivity index (χ0v) is 16.2. The molecule has 1 fully saturated rings. The van der Waals surface area contributed by atoms with Gasteiger partial charge in [-0.15, -0.1) is 0 Å². The third-order valence-corrected chi connectivity index (χ3v) is 5.38.